The van der Waals surface area contributed by atoms with Crippen molar-refractivity contribution in [3.05, 3.63) is 28.2 Å². The summed E-state index contributed by atoms with van der Waals surface area (Å²) in [6, 6.07) is 5.68. The summed E-state index contributed by atoms with van der Waals surface area (Å²) in [6.07, 6.45) is 0.722. The van der Waals surface area contributed by atoms with Crippen molar-refractivity contribution < 1.29 is 4.79 Å². The maximum absolute atomic E-state index is 11.6. The molecule has 110 valence electrons. The molecular formula is C13H17Cl2N3OS. The maximum Gasteiger partial charge on any atom is 0.224 e. The molecule has 2 aromatic rings. The van der Waals surface area contributed by atoms with E-state index in [1.165, 1.54) is 0 Å². The average Bonchev–Trinajstić information content (AvgIpc) is 2.79. The summed E-state index contributed by atoms with van der Waals surface area (Å²) >= 11 is 7.55. The van der Waals surface area contributed by atoms with E-state index in [4.69, 9.17) is 17.3 Å². The molecular weight excluding hydrogens is 317 g/mol. The Morgan fingerprint density at radius 3 is 3.00 bits per heavy atom. The number of nitrogens with one attached hydrogen (secondary N) is 1. The van der Waals surface area contributed by atoms with Gasteiger partial charge >= 0.3 is 0 Å². The van der Waals surface area contributed by atoms with Gasteiger partial charge in [0.25, 0.3) is 0 Å². The van der Waals surface area contributed by atoms with Gasteiger partial charge in [0.2, 0.25) is 5.91 Å². The number of amides is 1. The predicted molar refractivity (Wildman–Crippen MR) is 86.8 cm³/mol. The third-order valence-corrected chi connectivity index (χ3v) is 4.16. The first-order valence-electron chi connectivity index (χ1n) is 6.13. The molecule has 0 fully saturated rings. The summed E-state index contributed by atoms with van der Waals surface area (Å²) in [5, 5.41) is 4.55. The largest absolute Gasteiger partial charge is 0.355 e. The van der Waals surface area contributed by atoms with Crippen LogP contribution in [0.4, 0.5) is 0 Å². The molecule has 7 heteroatoms. The molecule has 0 aliphatic rings. The minimum Gasteiger partial charge on any atom is -0.355 e. The molecule has 0 aliphatic carbocycles. The summed E-state index contributed by atoms with van der Waals surface area (Å²) in [5.74, 6) is -0.152. The van der Waals surface area contributed by atoms with Gasteiger partial charge in [-0.15, -0.1) is 23.7 Å². The zero-order valence-electron chi connectivity index (χ0n) is 11.1. The molecule has 0 spiro atoms. The topological polar surface area (TPSA) is 68.0 Å². The quantitative estimate of drug-likeness (QED) is 0.883. The normalized spacial score (nSPS) is 11.9. The van der Waals surface area contributed by atoms with Gasteiger partial charge in [-0.1, -0.05) is 18.5 Å². The Hall–Kier alpha value is -0.880. The number of hydrogen-bond acceptors (Lipinski definition) is 4. The minimum atomic E-state index is -0.144. The Kier molecular flexibility index (Phi) is 6.68. The van der Waals surface area contributed by atoms with Crippen molar-refractivity contribution in [2.24, 2.45) is 11.7 Å². The number of rotatable bonds is 5. The van der Waals surface area contributed by atoms with E-state index >= 15 is 0 Å². The van der Waals surface area contributed by atoms with Gasteiger partial charge in [-0.2, -0.15) is 0 Å². The summed E-state index contributed by atoms with van der Waals surface area (Å²) < 4.78 is 1.11. The zero-order valence-corrected chi connectivity index (χ0v) is 13.4. The fourth-order valence-electron chi connectivity index (χ4n) is 1.63. The van der Waals surface area contributed by atoms with Gasteiger partial charge in [0.05, 0.1) is 15.2 Å². The lowest BCUT2D eigenvalue weighted by molar-refractivity contribution is -0.124. The van der Waals surface area contributed by atoms with Crippen LogP contribution in [0.3, 0.4) is 0 Å². The van der Waals surface area contributed by atoms with Crippen molar-refractivity contribution >= 4 is 51.5 Å². The van der Waals surface area contributed by atoms with E-state index in [0.29, 0.717) is 18.1 Å². The molecule has 0 radical (unpaired) electrons. The second-order valence-electron chi connectivity index (χ2n) is 4.40. The minimum absolute atomic E-state index is 0. The molecule has 0 saturated carbocycles. The van der Waals surface area contributed by atoms with Crippen LogP contribution in [0.15, 0.2) is 18.2 Å². The fourth-order valence-corrected chi connectivity index (χ4v) is 2.74. The molecule has 1 unspecified atom stereocenters. The van der Waals surface area contributed by atoms with Gasteiger partial charge in [0, 0.05) is 30.5 Å². The van der Waals surface area contributed by atoms with Gasteiger partial charge in [-0.05, 0) is 18.2 Å². The van der Waals surface area contributed by atoms with Crippen molar-refractivity contribution in [3.8, 4) is 0 Å². The van der Waals surface area contributed by atoms with Crippen molar-refractivity contribution in [1.82, 2.24) is 10.3 Å². The lowest BCUT2D eigenvalue weighted by atomic mass is 10.2. The SMILES string of the molecule is CC(CN)C(=O)NCCc1nc2cc(Cl)ccc2s1.Cl. The molecule has 1 aromatic carbocycles. The van der Waals surface area contributed by atoms with Crippen LogP contribution in [0.25, 0.3) is 10.2 Å². The number of benzene rings is 1. The highest BCUT2D eigenvalue weighted by molar-refractivity contribution is 7.18. The highest BCUT2D eigenvalue weighted by atomic mass is 35.5. The van der Waals surface area contributed by atoms with Crippen LogP contribution in [0.1, 0.15) is 11.9 Å². The highest BCUT2D eigenvalue weighted by Crippen LogP contribution is 2.24. The molecule has 1 aromatic heterocycles. The van der Waals surface area contributed by atoms with Crippen LogP contribution in [-0.2, 0) is 11.2 Å². The van der Waals surface area contributed by atoms with Gasteiger partial charge in [0.1, 0.15) is 0 Å². The van der Waals surface area contributed by atoms with Crippen molar-refractivity contribution in [2.45, 2.75) is 13.3 Å². The Morgan fingerprint density at radius 1 is 1.55 bits per heavy atom. The fraction of sp³-hybridized carbons (Fsp3) is 0.385. The van der Waals surface area contributed by atoms with E-state index in [1.54, 1.807) is 11.3 Å². The Bertz CT molecular complexity index is 588. The highest BCUT2D eigenvalue weighted by Gasteiger charge is 2.10. The van der Waals surface area contributed by atoms with E-state index in [9.17, 15) is 4.79 Å². The van der Waals surface area contributed by atoms with Crippen LogP contribution in [0, 0.1) is 5.92 Å². The van der Waals surface area contributed by atoms with E-state index < -0.39 is 0 Å². The molecule has 1 heterocycles. The molecule has 1 amide bonds. The third-order valence-electron chi connectivity index (χ3n) is 2.83. The number of fused-ring (bicyclic) bond motifs is 1. The number of halogens is 2. The van der Waals surface area contributed by atoms with E-state index in [-0.39, 0.29) is 24.2 Å². The summed E-state index contributed by atoms with van der Waals surface area (Å²) in [6.45, 7) is 2.76. The zero-order chi connectivity index (χ0) is 13.8. The molecule has 2 rings (SSSR count). The van der Waals surface area contributed by atoms with E-state index in [2.05, 4.69) is 10.3 Å². The molecule has 0 aliphatic heterocycles. The van der Waals surface area contributed by atoms with E-state index in [1.807, 2.05) is 25.1 Å². The van der Waals surface area contributed by atoms with Crippen molar-refractivity contribution in [3.63, 3.8) is 0 Å². The summed E-state index contributed by atoms with van der Waals surface area (Å²) in [7, 11) is 0. The molecule has 4 nitrogen and oxygen atoms in total. The van der Waals surface area contributed by atoms with Crippen LogP contribution < -0.4 is 11.1 Å². The molecule has 3 N–H and O–H groups in total. The van der Waals surface area contributed by atoms with Crippen LogP contribution in [-0.4, -0.2) is 24.0 Å². The summed E-state index contributed by atoms with van der Waals surface area (Å²) in [5.41, 5.74) is 6.35. The second-order valence-corrected chi connectivity index (χ2v) is 5.95. The molecule has 20 heavy (non-hydrogen) atoms. The number of hydrogen-bond donors (Lipinski definition) is 2. The Morgan fingerprint density at radius 2 is 2.30 bits per heavy atom. The lowest BCUT2D eigenvalue weighted by Crippen LogP contribution is -2.34. The third kappa shape index (κ3) is 4.31. The molecule has 0 saturated heterocycles. The smallest absolute Gasteiger partial charge is 0.224 e. The molecule has 1 atom stereocenters. The standard InChI is InChI=1S/C13H16ClN3OS.ClH/c1-8(7-15)13(18)16-5-4-12-17-10-6-9(14)2-3-11(10)19-12;/h2-3,6,8H,4-5,7,15H2,1H3,(H,16,18);1H. The second kappa shape index (κ2) is 7.78. The van der Waals surface area contributed by atoms with Crippen molar-refractivity contribution in [1.29, 1.82) is 0 Å². The number of thiazole rings is 1. The Labute approximate surface area is 133 Å². The maximum atomic E-state index is 11.6. The lowest BCUT2D eigenvalue weighted by Gasteiger charge is -2.08. The number of nitrogens with two attached hydrogens (primary N) is 1. The first-order valence-corrected chi connectivity index (χ1v) is 7.32. The molecule has 0 bridgehead atoms. The van der Waals surface area contributed by atoms with E-state index in [0.717, 1.165) is 21.6 Å². The number of nitrogens with zero attached hydrogens (tertiary/aromatic N) is 1. The predicted octanol–water partition coefficient (Wildman–Crippen LogP) is 2.63. The average molecular weight is 334 g/mol. The van der Waals surface area contributed by atoms with Crippen LogP contribution in [0.5, 0.6) is 0 Å². The van der Waals surface area contributed by atoms with Gasteiger partial charge < -0.3 is 11.1 Å². The number of aromatic nitrogens is 1. The van der Waals surface area contributed by atoms with Gasteiger partial charge in [0.15, 0.2) is 0 Å². The van der Waals surface area contributed by atoms with Gasteiger partial charge in [-0.25, -0.2) is 4.98 Å². The van der Waals surface area contributed by atoms with Crippen molar-refractivity contribution in [2.75, 3.05) is 13.1 Å². The van der Waals surface area contributed by atoms with Crippen LogP contribution >= 0.6 is 35.3 Å². The number of carbonyl (C=O) groups excluding carboxylic acids is 1. The monoisotopic (exact) mass is 333 g/mol. The van der Waals surface area contributed by atoms with Gasteiger partial charge in [-0.3, -0.25) is 4.79 Å². The van der Waals surface area contributed by atoms with Crippen LogP contribution in [0.2, 0.25) is 5.02 Å². The Balaban J connectivity index is 0.00000200. The number of carbonyl (C=O) groups is 1. The summed E-state index contributed by atoms with van der Waals surface area (Å²) in [4.78, 5) is 16.0. The first-order chi connectivity index (χ1) is 9.10. The first kappa shape index (κ1) is 17.2.